The number of amides is 1. The Labute approximate surface area is 98.3 Å². The molecule has 0 atom stereocenters. The number of hydrogen-bond donors (Lipinski definition) is 1. The van der Waals surface area contributed by atoms with E-state index in [1.54, 1.807) is 24.3 Å². The van der Waals surface area contributed by atoms with Crippen molar-refractivity contribution < 1.29 is 18.0 Å². The van der Waals surface area contributed by atoms with E-state index in [-0.39, 0.29) is 5.13 Å². The molecule has 0 fully saturated rings. The van der Waals surface area contributed by atoms with E-state index in [1.165, 1.54) is 0 Å². The summed E-state index contributed by atoms with van der Waals surface area (Å²) in [5.41, 5.74) is 0.653. The molecule has 1 aromatic carbocycles. The molecule has 1 amide bonds. The maximum absolute atomic E-state index is 11.9. The largest absolute Gasteiger partial charge is 0.397 e. The number of thiazole rings is 1. The molecule has 90 valence electrons. The van der Waals surface area contributed by atoms with Crippen LogP contribution in [0.25, 0.3) is 10.2 Å². The molecule has 2 aromatic rings. The molecule has 17 heavy (non-hydrogen) atoms. The SMILES string of the molecule is O=C(CC(F)(F)F)Nc1nc2ccccc2s1. The van der Waals surface area contributed by atoms with Crippen molar-refractivity contribution in [1.82, 2.24) is 4.98 Å². The Kier molecular flexibility index (Phi) is 3.01. The lowest BCUT2D eigenvalue weighted by molar-refractivity contribution is -0.150. The summed E-state index contributed by atoms with van der Waals surface area (Å²) in [5, 5.41) is 2.32. The molecule has 3 nitrogen and oxygen atoms in total. The van der Waals surface area contributed by atoms with E-state index < -0.39 is 18.5 Å². The summed E-state index contributed by atoms with van der Waals surface area (Å²) in [4.78, 5) is 15.0. The molecular weight excluding hydrogens is 253 g/mol. The second kappa shape index (κ2) is 4.33. The zero-order valence-electron chi connectivity index (χ0n) is 8.41. The lowest BCUT2D eigenvalue weighted by atomic mass is 10.3. The fraction of sp³-hybridized carbons (Fsp3) is 0.200. The van der Waals surface area contributed by atoms with E-state index in [9.17, 15) is 18.0 Å². The van der Waals surface area contributed by atoms with Crippen LogP contribution in [-0.2, 0) is 4.79 Å². The van der Waals surface area contributed by atoms with Gasteiger partial charge in [0.25, 0.3) is 0 Å². The first-order valence-corrected chi connectivity index (χ1v) is 5.48. The number of alkyl halides is 3. The molecule has 0 bridgehead atoms. The monoisotopic (exact) mass is 260 g/mol. The number of nitrogens with zero attached hydrogens (tertiary/aromatic N) is 1. The van der Waals surface area contributed by atoms with Crippen molar-refractivity contribution in [3.8, 4) is 0 Å². The second-order valence-electron chi connectivity index (χ2n) is 3.33. The molecule has 1 N–H and O–H groups in total. The minimum Gasteiger partial charge on any atom is -0.302 e. The lowest BCUT2D eigenvalue weighted by Crippen LogP contribution is -2.20. The van der Waals surface area contributed by atoms with Gasteiger partial charge in [-0.2, -0.15) is 13.2 Å². The maximum Gasteiger partial charge on any atom is 0.397 e. The second-order valence-corrected chi connectivity index (χ2v) is 4.36. The zero-order valence-corrected chi connectivity index (χ0v) is 9.23. The number of carbonyl (C=O) groups excluding carboxylic acids is 1. The van der Waals surface area contributed by atoms with Crippen LogP contribution in [0.4, 0.5) is 18.3 Å². The van der Waals surface area contributed by atoms with Crippen molar-refractivity contribution >= 4 is 32.6 Å². The Morgan fingerprint density at radius 3 is 2.71 bits per heavy atom. The molecule has 0 saturated carbocycles. The quantitative estimate of drug-likeness (QED) is 0.901. The van der Waals surface area contributed by atoms with Gasteiger partial charge in [0.1, 0.15) is 6.42 Å². The van der Waals surface area contributed by atoms with Gasteiger partial charge in [-0.3, -0.25) is 4.79 Å². The Balaban J connectivity index is 2.11. The number of para-hydroxylation sites is 1. The Hall–Kier alpha value is -1.63. The molecule has 1 aromatic heterocycles. The highest BCUT2D eigenvalue weighted by molar-refractivity contribution is 7.22. The summed E-state index contributed by atoms with van der Waals surface area (Å²) in [6, 6.07) is 7.07. The van der Waals surface area contributed by atoms with E-state index in [4.69, 9.17) is 0 Å². The molecule has 7 heteroatoms. The average Bonchev–Trinajstić information content (AvgIpc) is 2.55. The summed E-state index contributed by atoms with van der Waals surface area (Å²) in [7, 11) is 0. The Morgan fingerprint density at radius 1 is 1.35 bits per heavy atom. The van der Waals surface area contributed by atoms with E-state index in [0.29, 0.717) is 5.52 Å². The molecule has 0 aliphatic rings. The number of fused-ring (bicyclic) bond motifs is 1. The maximum atomic E-state index is 11.9. The van der Waals surface area contributed by atoms with Crippen LogP contribution in [-0.4, -0.2) is 17.1 Å². The molecule has 0 aliphatic carbocycles. The molecule has 0 unspecified atom stereocenters. The number of carbonyl (C=O) groups is 1. The van der Waals surface area contributed by atoms with Crippen molar-refractivity contribution in [2.24, 2.45) is 0 Å². The predicted octanol–water partition coefficient (Wildman–Crippen LogP) is 3.19. The van der Waals surface area contributed by atoms with Crippen LogP contribution >= 0.6 is 11.3 Å². The van der Waals surface area contributed by atoms with Gasteiger partial charge in [-0.15, -0.1) is 0 Å². The molecule has 0 saturated heterocycles. The van der Waals surface area contributed by atoms with Crippen molar-refractivity contribution in [2.75, 3.05) is 5.32 Å². The molecule has 1 heterocycles. The van der Waals surface area contributed by atoms with Crippen LogP contribution in [0.1, 0.15) is 6.42 Å². The average molecular weight is 260 g/mol. The summed E-state index contributed by atoms with van der Waals surface area (Å²) < 4.78 is 36.6. The van der Waals surface area contributed by atoms with E-state index in [1.807, 2.05) is 0 Å². The topological polar surface area (TPSA) is 42.0 Å². The van der Waals surface area contributed by atoms with Gasteiger partial charge >= 0.3 is 6.18 Å². The minimum atomic E-state index is -4.50. The third-order valence-corrected chi connectivity index (χ3v) is 2.85. The standard InChI is InChI=1S/C10H7F3N2OS/c11-10(12,13)5-8(16)15-9-14-6-3-1-2-4-7(6)17-9/h1-4H,5H2,(H,14,15,16). The van der Waals surface area contributed by atoms with Gasteiger partial charge in [0.05, 0.1) is 10.2 Å². The Morgan fingerprint density at radius 2 is 2.06 bits per heavy atom. The number of anilines is 1. The minimum absolute atomic E-state index is 0.181. The first-order valence-electron chi connectivity index (χ1n) is 4.66. The van der Waals surface area contributed by atoms with Crippen LogP contribution in [0.15, 0.2) is 24.3 Å². The Bertz CT molecular complexity index is 517. The van der Waals surface area contributed by atoms with Crippen molar-refractivity contribution in [3.05, 3.63) is 24.3 Å². The predicted molar refractivity (Wildman–Crippen MR) is 58.9 cm³/mol. The van der Waals surface area contributed by atoms with Gasteiger partial charge in [-0.05, 0) is 12.1 Å². The highest BCUT2D eigenvalue weighted by Gasteiger charge is 2.31. The number of aromatic nitrogens is 1. The highest BCUT2D eigenvalue weighted by Crippen LogP contribution is 2.26. The van der Waals surface area contributed by atoms with Crippen LogP contribution in [0, 0.1) is 0 Å². The van der Waals surface area contributed by atoms with Crippen molar-refractivity contribution in [2.45, 2.75) is 12.6 Å². The third-order valence-electron chi connectivity index (χ3n) is 1.90. The van der Waals surface area contributed by atoms with Crippen LogP contribution < -0.4 is 5.32 Å². The van der Waals surface area contributed by atoms with Crippen LogP contribution in [0.3, 0.4) is 0 Å². The summed E-state index contributed by atoms with van der Waals surface area (Å²) >= 11 is 1.14. The number of nitrogens with one attached hydrogen (secondary N) is 1. The fourth-order valence-corrected chi connectivity index (χ4v) is 2.15. The molecule has 0 radical (unpaired) electrons. The fourth-order valence-electron chi connectivity index (χ4n) is 1.27. The van der Waals surface area contributed by atoms with E-state index in [0.717, 1.165) is 16.0 Å². The lowest BCUT2D eigenvalue weighted by Gasteiger charge is -2.04. The van der Waals surface area contributed by atoms with Gasteiger partial charge in [0, 0.05) is 0 Å². The van der Waals surface area contributed by atoms with Crippen molar-refractivity contribution in [3.63, 3.8) is 0 Å². The van der Waals surface area contributed by atoms with E-state index in [2.05, 4.69) is 10.3 Å². The van der Waals surface area contributed by atoms with Gasteiger partial charge in [-0.1, -0.05) is 23.5 Å². The number of rotatable bonds is 2. The highest BCUT2D eigenvalue weighted by atomic mass is 32.1. The van der Waals surface area contributed by atoms with Gasteiger partial charge in [0.15, 0.2) is 5.13 Å². The normalized spacial score (nSPS) is 11.7. The zero-order chi connectivity index (χ0) is 12.5. The van der Waals surface area contributed by atoms with Crippen LogP contribution in [0.2, 0.25) is 0 Å². The molecule has 0 spiro atoms. The number of benzene rings is 1. The smallest absolute Gasteiger partial charge is 0.302 e. The number of hydrogen-bond acceptors (Lipinski definition) is 3. The van der Waals surface area contributed by atoms with Gasteiger partial charge < -0.3 is 5.32 Å². The third kappa shape index (κ3) is 3.16. The van der Waals surface area contributed by atoms with Crippen LogP contribution in [0.5, 0.6) is 0 Å². The first-order chi connectivity index (χ1) is 7.94. The number of halogens is 3. The molecule has 0 aliphatic heterocycles. The summed E-state index contributed by atoms with van der Waals surface area (Å²) in [6.07, 6.45) is -6.00. The van der Waals surface area contributed by atoms with Gasteiger partial charge in [-0.25, -0.2) is 4.98 Å². The molecule has 2 rings (SSSR count). The van der Waals surface area contributed by atoms with E-state index >= 15 is 0 Å². The first kappa shape index (κ1) is 11.8. The summed E-state index contributed by atoms with van der Waals surface area (Å²) in [5.74, 6) is -1.10. The summed E-state index contributed by atoms with van der Waals surface area (Å²) in [6.45, 7) is 0. The van der Waals surface area contributed by atoms with Gasteiger partial charge in [0.2, 0.25) is 5.91 Å². The van der Waals surface area contributed by atoms with Crippen molar-refractivity contribution in [1.29, 1.82) is 0 Å². The molecular formula is C10H7F3N2OS.